The highest BCUT2D eigenvalue weighted by molar-refractivity contribution is 14.1. The van der Waals surface area contributed by atoms with Gasteiger partial charge >= 0.3 is 0 Å². The molecular formula is C33H23Cl2IN2O3. The molecule has 0 unspecified atom stereocenters. The molecule has 1 fully saturated rings. The van der Waals surface area contributed by atoms with Gasteiger partial charge in [0.2, 0.25) is 17.7 Å². The van der Waals surface area contributed by atoms with Gasteiger partial charge in [-0.05, 0) is 74.7 Å². The van der Waals surface area contributed by atoms with Gasteiger partial charge in [0.25, 0.3) is 0 Å². The molecule has 1 saturated heterocycles. The first kappa shape index (κ1) is 26.7. The molecule has 1 heterocycles. The van der Waals surface area contributed by atoms with Crippen LogP contribution in [-0.4, -0.2) is 28.7 Å². The van der Waals surface area contributed by atoms with Crippen LogP contribution in [0.1, 0.15) is 27.8 Å². The van der Waals surface area contributed by atoms with Gasteiger partial charge in [-0.1, -0.05) is 78.9 Å². The number of hydrogen-bond donors (Lipinski definition) is 1. The molecule has 4 aromatic carbocycles. The van der Waals surface area contributed by atoms with Crippen molar-refractivity contribution in [1.82, 2.24) is 4.90 Å². The number of hydrogen-bond acceptors (Lipinski definition) is 3. The number of nitrogens with zero attached hydrogens (tertiary/aromatic N) is 1. The number of alkyl halides is 2. The van der Waals surface area contributed by atoms with Crippen molar-refractivity contribution in [3.8, 4) is 0 Å². The first-order chi connectivity index (χ1) is 19.8. The highest BCUT2D eigenvalue weighted by Gasteiger charge is 2.73. The van der Waals surface area contributed by atoms with Gasteiger partial charge in [0.15, 0.2) is 0 Å². The van der Waals surface area contributed by atoms with Gasteiger partial charge in [-0.2, -0.15) is 0 Å². The molecular weight excluding hydrogens is 670 g/mol. The molecule has 204 valence electrons. The van der Waals surface area contributed by atoms with Crippen molar-refractivity contribution in [1.29, 1.82) is 0 Å². The lowest BCUT2D eigenvalue weighted by atomic mass is 9.54. The Hall–Kier alpha value is -3.20. The van der Waals surface area contributed by atoms with Crippen molar-refractivity contribution in [2.45, 2.75) is 22.2 Å². The van der Waals surface area contributed by atoms with E-state index < -0.39 is 45.3 Å². The number of carbonyl (C=O) groups is 3. The molecule has 8 rings (SSSR count). The van der Waals surface area contributed by atoms with Crippen LogP contribution in [0.5, 0.6) is 0 Å². The number of anilines is 1. The summed E-state index contributed by atoms with van der Waals surface area (Å²) in [6.07, 6.45) is 0.151. The van der Waals surface area contributed by atoms with E-state index in [2.05, 4.69) is 27.9 Å². The van der Waals surface area contributed by atoms with E-state index in [4.69, 9.17) is 23.2 Å². The van der Waals surface area contributed by atoms with Gasteiger partial charge in [-0.25, -0.2) is 0 Å². The van der Waals surface area contributed by atoms with Crippen LogP contribution in [0.15, 0.2) is 103 Å². The molecule has 0 spiro atoms. The summed E-state index contributed by atoms with van der Waals surface area (Å²) in [4.78, 5) is 41.5. The third kappa shape index (κ3) is 3.76. The Labute approximate surface area is 261 Å². The topological polar surface area (TPSA) is 66.5 Å². The molecule has 1 aliphatic heterocycles. The first-order valence-corrected chi connectivity index (χ1v) is 15.1. The normalized spacial score (nSPS) is 26.3. The van der Waals surface area contributed by atoms with Crippen molar-refractivity contribution in [3.63, 3.8) is 0 Å². The summed E-state index contributed by atoms with van der Waals surface area (Å²) in [7, 11) is 0. The fourth-order valence-corrected chi connectivity index (χ4v) is 8.35. The molecule has 3 aliphatic carbocycles. The Morgan fingerprint density at radius 3 is 1.63 bits per heavy atom. The highest BCUT2D eigenvalue weighted by atomic mass is 127. The SMILES string of the molecule is O=C(Nc1ccc(I)cc1)[C@H](Cc1ccccc1)N1C(=O)[C@H]2[C@H](C1=O)C1(Cl)c3ccccc3C2(Cl)c2ccccc21. The van der Waals surface area contributed by atoms with Crippen LogP contribution in [-0.2, 0) is 30.6 Å². The summed E-state index contributed by atoms with van der Waals surface area (Å²) < 4.78 is 1.02. The van der Waals surface area contributed by atoms with Gasteiger partial charge in [-0.15, -0.1) is 23.2 Å². The molecule has 3 atom stereocenters. The van der Waals surface area contributed by atoms with E-state index in [9.17, 15) is 14.4 Å². The summed E-state index contributed by atoms with van der Waals surface area (Å²) in [5, 5.41) is 2.93. The molecule has 4 aliphatic rings. The predicted molar refractivity (Wildman–Crippen MR) is 167 cm³/mol. The van der Waals surface area contributed by atoms with Crippen molar-refractivity contribution in [3.05, 3.63) is 135 Å². The lowest BCUT2D eigenvalue weighted by molar-refractivity contribution is -0.146. The van der Waals surface area contributed by atoms with Crippen LogP contribution < -0.4 is 5.32 Å². The summed E-state index contributed by atoms with van der Waals surface area (Å²) in [5.74, 6) is -3.36. The van der Waals surface area contributed by atoms with Gasteiger partial charge in [0.1, 0.15) is 15.8 Å². The number of likely N-dealkylation sites (tertiary alicyclic amines) is 1. The van der Waals surface area contributed by atoms with Crippen LogP contribution in [0.4, 0.5) is 5.69 Å². The van der Waals surface area contributed by atoms with Crippen molar-refractivity contribution in [2.75, 3.05) is 5.32 Å². The third-order valence-electron chi connectivity index (χ3n) is 8.62. The maximum Gasteiger partial charge on any atom is 0.248 e. The minimum Gasteiger partial charge on any atom is -0.324 e. The monoisotopic (exact) mass is 692 g/mol. The number of nitrogens with one attached hydrogen (secondary N) is 1. The number of halogens is 3. The number of rotatable bonds is 5. The van der Waals surface area contributed by atoms with E-state index in [1.54, 1.807) is 12.1 Å². The number of imide groups is 1. The second kappa shape index (κ2) is 9.68. The van der Waals surface area contributed by atoms with Crippen LogP contribution in [0, 0.1) is 15.4 Å². The second-order valence-corrected chi connectivity index (χ2v) is 13.2. The highest BCUT2D eigenvalue weighted by Crippen LogP contribution is 2.69. The fraction of sp³-hybridized carbons (Fsp3) is 0.182. The molecule has 8 heteroatoms. The molecule has 0 radical (unpaired) electrons. The molecule has 1 N–H and O–H groups in total. The van der Waals surface area contributed by atoms with E-state index >= 15 is 0 Å². The predicted octanol–water partition coefficient (Wildman–Crippen LogP) is 6.43. The molecule has 3 amide bonds. The van der Waals surface area contributed by atoms with Gasteiger partial charge < -0.3 is 5.32 Å². The summed E-state index contributed by atoms with van der Waals surface area (Å²) in [6, 6.07) is 30.6. The van der Waals surface area contributed by atoms with Crippen LogP contribution in [0.25, 0.3) is 0 Å². The maximum absolute atomic E-state index is 14.5. The zero-order valence-electron chi connectivity index (χ0n) is 21.6. The fourth-order valence-electron chi connectivity index (χ4n) is 6.89. The number of carbonyl (C=O) groups excluding carboxylic acids is 3. The smallest absolute Gasteiger partial charge is 0.248 e. The molecule has 41 heavy (non-hydrogen) atoms. The van der Waals surface area contributed by atoms with E-state index in [1.807, 2.05) is 91.0 Å². The summed E-state index contributed by atoms with van der Waals surface area (Å²) >= 11 is 17.3. The standard InChI is InChI=1S/C33H23Cl2IN2O3/c34-32-22-10-4-5-11-23(22)33(35,25-13-7-6-12-24(25)32)28-27(32)30(40)38(31(28)41)26(18-19-8-2-1-3-9-19)29(39)37-21-16-14-20(36)15-17-21/h1-17,26-28H,18H2,(H,37,39)/t26-,27+,28+,32?,33?/m0/s1. The van der Waals surface area contributed by atoms with Crippen molar-refractivity contribution < 1.29 is 14.4 Å². The average molecular weight is 693 g/mol. The van der Waals surface area contributed by atoms with Crippen molar-refractivity contribution in [2.24, 2.45) is 11.8 Å². The van der Waals surface area contributed by atoms with E-state index in [-0.39, 0.29) is 6.42 Å². The van der Waals surface area contributed by atoms with Crippen LogP contribution >= 0.6 is 45.8 Å². The average Bonchev–Trinajstić information content (AvgIpc) is 3.27. The largest absolute Gasteiger partial charge is 0.324 e. The van der Waals surface area contributed by atoms with E-state index in [0.29, 0.717) is 5.69 Å². The second-order valence-electron chi connectivity index (χ2n) is 10.7. The molecule has 0 aromatic heterocycles. The Bertz CT molecular complexity index is 1600. The van der Waals surface area contributed by atoms with Gasteiger partial charge in [0, 0.05) is 15.7 Å². The summed E-state index contributed by atoms with van der Waals surface area (Å²) in [5.41, 5.74) is 4.30. The Morgan fingerprint density at radius 1 is 0.732 bits per heavy atom. The lowest BCUT2D eigenvalue weighted by Crippen LogP contribution is -2.57. The molecule has 2 bridgehead atoms. The minimum atomic E-state index is -1.31. The maximum atomic E-state index is 14.5. The lowest BCUT2D eigenvalue weighted by Gasteiger charge is -2.54. The zero-order valence-corrected chi connectivity index (χ0v) is 25.2. The molecule has 0 saturated carbocycles. The Kier molecular flexibility index (Phi) is 6.30. The quantitative estimate of drug-likeness (QED) is 0.149. The van der Waals surface area contributed by atoms with Crippen molar-refractivity contribution >= 4 is 69.2 Å². The van der Waals surface area contributed by atoms with Gasteiger partial charge in [0.05, 0.1) is 11.8 Å². The summed E-state index contributed by atoms with van der Waals surface area (Å²) in [6.45, 7) is 0. The molecule has 4 aromatic rings. The first-order valence-electron chi connectivity index (χ1n) is 13.3. The van der Waals surface area contributed by atoms with E-state index in [0.717, 1.165) is 36.3 Å². The van der Waals surface area contributed by atoms with Crippen LogP contribution in [0.2, 0.25) is 0 Å². The number of amides is 3. The molecule has 5 nitrogen and oxygen atoms in total. The zero-order chi connectivity index (χ0) is 28.5. The Morgan fingerprint density at radius 2 is 1.17 bits per heavy atom. The van der Waals surface area contributed by atoms with E-state index in [1.165, 1.54) is 0 Å². The number of benzene rings is 4. The third-order valence-corrected chi connectivity index (χ3v) is 10.6. The van der Waals surface area contributed by atoms with Crippen LogP contribution in [0.3, 0.4) is 0 Å². The minimum absolute atomic E-state index is 0.151. The van der Waals surface area contributed by atoms with Gasteiger partial charge in [-0.3, -0.25) is 19.3 Å². The Balaban J connectivity index is 1.36.